The average Bonchev–Trinajstić information content (AvgIpc) is 3.36. The number of benzene rings is 3. The minimum Gasteiger partial charge on any atom is -0.545 e. The SMILES string of the molecule is COc1cc2cc(N(O)O)c3c(C(=O)[O-])cc4c(c3c2cc1O[C@@H]1O[C@H](CO)[C@@H](O)[C@@H](O)[C@H]1O)OCO4. The van der Waals surface area contributed by atoms with Gasteiger partial charge in [-0.3, -0.25) is 10.4 Å². The first-order valence-corrected chi connectivity index (χ1v) is 10.9. The molecule has 0 aliphatic carbocycles. The second-order valence-corrected chi connectivity index (χ2v) is 8.42. The summed E-state index contributed by atoms with van der Waals surface area (Å²) in [5.74, 6) is -1.36. The predicted molar refractivity (Wildman–Crippen MR) is 119 cm³/mol. The fourth-order valence-corrected chi connectivity index (χ4v) is 4.56. The number of carboxylic acid groups (broad SMARTS) is 1. The van der Waals surface area contributed by atoms with E-state index in [1.54, 1.807) is 0 Å². The molecule has 0 saturated carbocycles. The number of carboxylic acids is 1. The number of hydrogen-bond acceptors (Lipinski definition) is 14. The van der Waals surface area contributed by atoms with E-state index in [0.717, 1.165) is 6.07 Å². The van der Waals surface area contributed by atoms with Crippen LogP contribution in [0.25, 0.3) is 21.5 Å². The first-order valence-electron chi connectivity index (χ1n) is 10.9. The van der Waals surface area contributed by atoms with Gasteiger partial charge >= 0.3 is 0 Å². The van der Waals surface area contributed by atoms with Crippen LogP contribution in [0.4, 0.5) is 5.69 Å². The van der Waals surface area contributed by atoms with Crippen LogP contribution in [0.3, 0.4) is 0 Å². The van der Waals surface area contributed by atoms with Crippen molar-refractivity contribution in [2.75, 3.05) is 25.7 Å². The number of carbonyl (C=O) groups excluding carboxylic acids is 1. The third kappa shape index (κ3) is 4.00. The summed E-state index contributed by atoms with van der Waals surface area (Å²) in [5, 5.41) is 72.1. The van der Waals surface area contributed by atoms with E-state index in [9.17, 15) is 40.7 Å². The molecule has 2 heterocycles. The number of hydrogen-bond donors (Lipinski definition) is 6. The van der Waals surface area contributed by atoms with Crippen molar-refractivity contribution < 1.29 is 64.4 Å². The van der Waals surface area contributed by atoms with E-state index in [-0.39, 0.29) is 51.5 Å². The molecule has 6 N–H and O–H groups in total. The minimum absolute atomic E-state index is 0.0373. The second-order valence-electron chi connectivity index (χ2n) is 8.42. The lowest BCUT2D eigenvalue weighted by Crippen LogP contribution is -2.60. The Morgan fingerprint density at radius 1 is 1.05 bits per heavy atom. The normalized spacial score (nSPS) is 24.9. The Morgan fingerprint density at radius 2 is 1.81 bits per heavy atom. The summed E-state index contributed by atoms with van der Waals surface area (Å²) in [6.07, 6.45) is -7.76. The summed E-state index contributed by atoms with van der Waals surface area (Å²) in [6, 6.07) is 5.27. The summed E-state index contributed by atoms with van der Waals surface area (Å²) in [5.41, 5.74) is -0.707. The van der Waals surface area contributed by atoms with Crippen molar-refractivity contribution in [3.05, 3.63) is 29.8 Å². The lowest BCUT2D eigenvalue weighted by atomic mass is 9.94. The van der Waals surface area contributed by atoms with Crippen molar-refractivity contribution in [2.45, 2.75) is 30.7 Å². The van der Waals surface area contributed by atoms with Gasteiger partial charge in [0, 0.05) is 16.3 Å². The lowest BCUT2D eigenvalue weighted by molar-refractivity contribution is -0.277. The zero-order valence-electron chi connectivity index (χ0n) is 19.1. The molecule has 5 atom stereocenters. The first kappa shape index (κ1) is 25.0. The van der Waals surface area contributed by atoms with Crippen LogP contribution in [0.5, 0.6) is 23.0 Å². The quantitative estimate of drug-likeness (QED) is 0.168. The van der Waals surface area contributed by atoms with Crippen LogP contribution < -0.4 is 29.3 Å². The van der Waals surface area contributed by atoms with Crippen LogP contribution in [0.2, 0.25) is 0 Å². The zero-order valence-corrected chi connectivity index (χ0v) is 19.1. The molecule has 198 valence electrons. The molecule has 2 aliphatic rings. The summed E-state index contributed by atoms with van der Waals surface area (Å²) in [7, 11) is 1.32. The number of ether oxygens (including phenoxy) is 5. The number of fused-ring (bicyclic) bond motifs is 5. The smallest absolute Gasteiger partial charge is 0.231 e. The largest absolute Gasteiger partial charge is 0.545 e. The molecule has 2 aliphatic heterocycles. The van der Waals surface area contributed by atoms with Gasteiger partial charge in [0.2, 0.25) is 13.1 Å². The highest BCUT2D eigenvalue weighted by Gasteiger charge is 2.45. The van der Waals surface area contributed by atoms with Gasteiger partial charge in [-0.1, -0.05) is 0 Å². The highest BCUT2D eigenvalue weighted by atomic mass is 16.8. The van der Waals surface area contributed by atoms with Crippen LogP contribution in [-0.2, 0) is 4.74 Å². The van der Waals surface area contributed by atoms with E-state index in [2.05, 4.69) is 0 Å². The van der Waals surface area contributed by atoms with Gasteiger partial charge in [0.1, 0.15) is 30.1 Å². The number of aliphatic hydroxyl groups excluding tert-OH is 4. The molecule has 0 aromatic heterocycles. The number of rotatable bonds is 6. The summed E-state index contributed by atoms with van der Waals surface area (Å²) < 4.78 is 27.5. The molecule has 37 heavy (non-hydrogen) atoms. The van der Waals surface area contributed by atoms with Crippen molar-refractivity contribution in [3.63, 3.8) is 0 Å². The number of methoxy groups -OCH3 is 1. The number of anilines is 1. The maximum Gasteiger partial charge on any atom is 0.231 e. The van der Waals surface area contributed by atoms with Gasteiger partial charge in [-0.05, 0) is 35.0 Å². The van der Waals surface area contributed by atoms with Crippen molar-refractivity contribution in [3.8, 4) is 23.0 Å². The predicted octanol–water partition coefficient (Wildman–Crippen LogP) is -1.14. The monoisotopic (exact) mass is 520 g/mol. The molecule has 1 fully saturated rings. The Morgan fingerprint density at radius 3 is 2.46 bits per heavy atom. The summed E-state index contributed by atoms with van der Waals surface area (Å²) >= 11 is 0. The zero-order chi connectivity index (χ0) is 26.6. The first-order chi connectivity index (χ1) is 17.7. The average molecular weight is 520 g/mol. The molecule has 0 bridgehead atoms. The van der Waals surface area contributed by atoms with Crippen molar-refractivity contribution in [1.29, 1.82) is 0 Å². The highest BCUT2D eigenvalue weighted by molar-refractivity contribution is 6.22. The molecule has 14 heteroatoms. The van der Waals surface area contributed by atoms with E-state index in [4.69, 9.17) is 23.7 Å². The molecule has 0 unspecified atom stereocenters. The van der Waals surface area contributed by atoms with Crippen LogP contribution in [-0.4, -0.2) is 88.0 Å². The molecule has 3 aromatic rings. The molecular formula is C23H22NO13-. The fourth-order valence-electron chi connectivity index (χ4n) is 4.56. The highest BCUT2D eigenvalue weighted by Crippen LogP contribution is 2.49. The number of nitrogens with zero attached hydrogens (tertiary/aromatic N) is 1. The maximum atomic E-state index is 12.0. The number of aliphatic hydroxyl groups is 4. The molecular weight excluding hydrogens is 498 g/mol. The maximum absolute atomic E-state index is 12.0. The topological polar surface area (TPSA) is 211 Å². The van der Waals surface area contributed by atoms with Crippen LogP contribution >= 0.6 is 0 Å². The van der Waals surface area contributed by atoms with Gasteiger partial charge in [-0.15, -0.1) is 5.23 Å². The molecule has 3 aromatic carbocycles. The van der Waals surface area contributed by atoms with Gasteiger partial charge in [0.05, 0.1) is 19.7 Å². The van der Waals surface area contributed by atoms with Gasteiger partial charge in [-0.2, -0.15) is 0 Å². The van der Waals surface area contributed by atoms with Crippen LogP contribution in [0.15, 0.2) is 24.3 Å². The third-order valence-corrected chi connectivity index (χ3v) is 6.34. The number of aromatic carboxylic acids is 1. The van der Waals surface area contributed by atoms with E-state index in [1.165, 1.54) is 25.3 Å². The van der Waals surface area contributed by atoms with E-state index < -0.39 is 48.8 Å². The van der Waals surface area contributed by atoms with E-state index in [1.807, 2.05) is 0 Å². The minimum atomic E-state index is -1.71. The van der Waals surface area contributed by atoms with Gasteiger partial charge in [0.15, 0.2) is 23.0 Å². The Hall–Kier alpha value is -3.63. The molecule has 0 spiro atoms. The second kappa shape index (κ2) is 9.35. The van der Waals surface area contributed by atoms with E-state index in [0.29, 0.717) is 10.8 Å². The Kier molecular flexibility index (Phi) is 6.33. The number of carbonyl (C=O) groups is 1. The van der Waals surface area contributed by atoms with E-state index >= 15 is 0 Å². The van der Waals surface area contributed by atoms with Crippen molar-refractivity contribution in [1.82, 2.24) is 0 Å². The van der Waals surface area contributed by atoms with Gasteiger partial charge in [-0.25, -0.2) is 0 Å². The van der Waals surface area contributed by atoms with Crippen molar-refractivity contribution >= 4 is 33.2 Å². The molecule has 14 nitrogen and oxygen atoms in total. The summed E-state index contributed by atoms with van der Waals surface area (Å²) in [4.78, 5) is 12.0. The lowest BCUT2D eigenvalue weighted by Gasteiger charge is -2.39. The molecule has 0 radical (unpaired) electrons. The Bertz CT molecular complexity index is 1370. The fraction of sp³-hybridized carbons (Fsp3) is 0.348. The molecule has 0 amide bonds. The standard InChI is InChI=1S/C23H23NO13/c1-33-12-3-8-2-11(24(31)32)16-10(22(29)30)5-14-21(35-7-34-14)17(16)9(8)4-13(12)36-23-20(28)19(27)18(26)15(6-25)37-23/h2-5,15,18-20,23,25-28,31-32H,6-7H2,1H3,(H,29,30)/p-1/t15-,18-,19-,20-,23-/m1/s1. The van der Waals surface area contributed by atoms with Crippen LogP contribution in [0, 0.1) is 0 Å². The summed E-state index contributed by atoms with van der Waals surface area (Å²) in [6.45, 7) is -0.889. The Balaban J connectivity index is 1.75. The molecule has 1 saturated heterocycles. The van der Waals surface area contributed by atoms with Gasteiger partial charge in [0.25, 0.3) is 0 Å². The van der Waals surface area contributed by atoms with Crippen molar-refractivity contribution in [2.24, 2.45) is 0 Å². The molecule has 5 rings (SSSR count). The Labute approximate surface area is 207 Å². The van der Waals surface area contributed by atoms with Crippen LogP contribution in [0.1, 0.15) is 10.4 Å². The van der Waals surface area contributed by atoms with Gasteiger partial charge < -0.3 is 54.0 Å². The third-order valence-electron chi connectivity index (χ3n) is 6.34.